The second-order valence-corrected chi connectivity index (χ2v) is 5.78. The summed E-state index contributed by atoms with van der Waals surface area (Å²) in [4.78, 5) is 3.88. The van der Waals surface area contributed by atoms with Gasteiger partial charge in [-0.25, -0.2) is 0 Å². The van der Waals surface area contributed by atoms with E-state index in [1.54, 1.807) is 0 Å². The molecule has 0 saturated carbocycles. The molecule has 0 atom stereocenters. The van der Waals surface area contributed by atoms with E-state index in [0.717, 1.165) is 22.6 Å². The molecule has 0 radical (unpaired) electrons. The average Bonchev–Trinajstić information content (AvgIpc) is 2.35. The van der Waals surface area contributed by atoms with Crippen LogP contribution >= 0.6 is 0 Å². The molecule has 0 aromatic carbocycles. The van der Waals surface area contributed by atoms with Crippen LogP contribution in [0.3, 0.4) is 0 Å². The third-order valence-electron chi connectivity index (χ3n) is 1.39. The van der Waals surface area contributed by atoms with Gasteiger partial charge >= 0.3 is 81.1 Å². The standard InChI is InChI=1S/C5H8N3O2S.ClH.Zn/c1-7(2)11(9,10)8-4-3-6-5-8;;/h3-4H,1-2H3;1H;/q;;+1/p-1. The van der Waals surface area contributed by atoms with Gasteiger partial charge in [-0.3, -0.25) is 0 Å². The zero-order valence-corrected chi connectivity index (χ0v) is 11.8. The van der Waals surface area contributed by atoms with Crippen LogP contribution in [0.5, 0.6) is 0 Å². The Bertz CT molecular complexity index is 375. The Morgan fingerprint density at radius 2 is 2.08 bits per heavy atom. The van der Waals surface area contributed by atoms with Gasteiger partial charge in [0.25, 0.3) is 0 Å². The van der Waals surface area contributed by atoms with Crippen molar-refractivity contribution in [3.8, 4) is 0 Å². The largest absolute Gasteiger partial charge is 1.00 e. The zero-order chi connectivity index (χ0) is 9.35. The Morgan fingerprint density at radius 3 is 2.38 bits per heavy atom. The van der Waals surface area contributed by atoms with E-state index < -0.39 is 10.2 Å². The molecule has 0 N–H and O–H groups in total. The second kappa shape index (κ2) is 4.50. The quantitative estimate of drug-likeness (QED) is 0.513. The number of hydrogen-bond acceptors (Lipinski definition) is 3. The Morgan fingerprint density at radius 1 is 1.54 bits per heavy atom. The smallest absolute Gasteiger partial charge is 1.00 e. The summed E-state index contributed by atoms with van der Waals surface area (Å²) >= 11 is 0.722. The average molecular weight is 275 g/mol. The van der Waals surface area contributed by atoms with Gasteiger partial charge in [-0.05, 0) is 0 Å². The van der Waals surface area contributed by atoms with Crippen LogP contribution in [0.1, 0.15) is 0 Å². The monoisotopic (exact) mass is 273 g/mol. The number of hydrogen-bond donors (Lipinski definition) is 0. The van der Waals surface area contributed by atoms with Gasteiger partial charge in [0.1, 0.15) is 0 Å². The first kappa shape index (κ1) is 13.0. The summed E-state index contributed by atoms with van der Waals surface area (Å²) in [5.41, 5.74) is 0. The summed E-state index contributed by atoms with van der Waals surface area (Å²) in [6.07, 6.45) is 2.94. The van der Waals surface area contributed by atoms with Crippen molar-refractivity contribution < 1.29 is 39.1 Å². The van der Waals surface area contributed by atoms with Gasteiger partial charge in [0.05, 0.1) is 0 Å². The molecule has 0 aliphatic rings. The fraction of sp³-hybridized carbons (Fsp3) is 0.400. The molecule has 5 nitrogen and oxygen atoms in total. The Balaban J connectivity index is 0.00000144. The number of rotatable bonds is 2. The van der Waals surface area contributed by atoms with Crippen LogP contribution in [0.2, 0.25) is 0 Å². The van der Waals surface area contributed by atoms with Crippen molar-refractivity contribution in [1.29, 1.82) is 0 Å². The van der Waals surface area contributed by atoms with E-state index in [9.17, 15) is 8.42 Å². The van der Waals surface area contributed by atoms with Gasteiger partial charge in [-0.2, -0.15) is 0 Å². The van der Waals surface area contributed by atoms with E-state index in [0.29, 0.717) is 4.42 Å². The Hall–Kier alpha value is 0.0334. The van der Waals surface area contributed by atoms with Crippen LogP contribution in [0.25, 0.3) is 0 Å². The molecular weight excluding hydrogens is 267 g/mol. The minimum atomic E-state index is -3.35. The Labute approximate surface area is 93.4 Å². The molecule has 0 aliphatic heterocycles. The topological polar surface area (TPSA) is 55.2 Å². The molecule has 0 spiro atoms. The van der Waals surface area contributed by atoms with Crippen molar-refractivity contribution in [3.05, 3.63) is 12.4 Å². The van der Waals surface area contributed by atoms with Gasteiger partial charge < -0.3 is 12.4 Å². The maximum atomic E-state index is 11.5. The third kappa shape index (κ3) is 2.50. The zero-order valence-electron chi connectivity index (χ0n) is 7.31. The van der Waals surface area contributed by atoms with E-state index >= 15 is 0 Å². The van der Waals surface area contributed by atoms with Crippen LogP contribution in [0, 0.1) is 0 Å². The first-order chi connectivity index (χ1) is 5.46. The molecule has 1 aromatic rings. The number of halogens is 1. The minimum Gasteiger partial charge on any atom is -1.00 e. The SMILES string of the molecule is CN(C)S(=O)(=O)n1ccn[c]1[Zn+].[Cl-]. The van der Waals surface area contributed by atoms with Crippen molar-refractivity contribution in [1.82, 2.24) is 13.3 Å². The summed E-state index contributed by atoms with van der Waals surface area (Å²) in [5, 5.41) is 0. The molecule has 0 aliphatic carbocycles. The fourth-order valence-electron chi connectivity index (χ4n) is 0.709. The van der Waals surface area contributed by atoms with Crippen molar-refractivity contribution in [2.24, 2.45) is 0 Å². The van der Waals surface area contributed by atoms with Crippen LogP contribution in [-0.2, 0) is 28.5 Å². The maximum Gasteiger partial charge on any atom is -1.00 e. The first-order valence-corrected chi connectivity index (χ1v) is 6.12. The van der Waals surface area contributed by atoms with E-state index in [1.807, 2.05) is 0 Å². The van der Waals surface area contributed by atoms with E-state index in [4.69, 9.17) is 0 Å². The van der Waals surface area contributed by atoms with Gasteiger partial charge in [0, 0.05) is 0 Å². The summed E-state index contributed by atoms with van der Waals surface area (Å²) in [5.74, 6) is 0. The van der Waals surface area contributed by atoms with Crippen molar-refractivity contribution in [3.63, 3.8) is 0 Å². The van der Waals surface area contributed by atoms with Crippen LogP contribution in [-0.4, -0.2) is 35.8 Å². The molecule has 8 heteroatoms. The van der Waals surface area contributed by atoms with Gasteiger partial charge in [0.15, 0.2) is 0 Å². The second-order valence-electron chi connectivity index (χ2n) is 2.43. The van der Waals surface area contributed by atoms with Crippen molar-refractivity contribution >= 4 is 14.6 Å². The summed E-state index contributed by atoms with van der Waals surface area (Å²) in [6, 6.07) is 0. The summed E-state index contributed by atoms with van der Waals surface area (Å²) in [7, 11) is -0.356. The number of nitrogens with zero attached hydrogens (tertiary/aromatic N) is 3. The first-order valence-electron chi connectivity index (χ1n) is 3.24. The van der Waals surface area contributed by atoms with Crippen LogP contribution in [0.15, 0.2) is 12.4 Å². The number of aromatic nitrogens is 2. The third-order valence-corrected chi connectivity index (χ3v) is 4.72. The normalized spacial score (nSPS) is 11.5. The molecule has 70 valence electrons. The molecular formula is C5H8ClN3O2SZn. The van der Waals surface area contributed by atoms with Crippen molar-refractivity contribution in [2.45, 2.75) is 0 Å². The maximum absolute atomic E-state index is 11.5. The van der Waals surface area contributed by atoms with Gasteiger partial charge in [-0.15, -0.1) is 0 Å². The molecule has 13 heavy (non-hydrogen) atoms. The predicted molar refractivity (Wildman–Crippen MR) is 39.9 cm³/mol. The van der Waals surface area contributed by atoms with E-state index in [2.05, 4.69) is 4.98 Å². The molecule has 1 aromatic heterocycles. The molecule has 0 amide bonds. The minimum absolute atomic E-state index is 0. The molecule has 0 bridgehead atoms. The van der Waals surface area contributed by atoms with Gasteiger partial charge in [-0.1, -0.05) is 0 Å². The van der Waals surface area contributed by atoms with Crippen molar-refractivity contribution in [2.75, 3.05) is 14.1 Å². The Kier molecular flexibility index (Phi) is 4.52. The summed E-state index contributed by atoms with van der Waals surface area (Å²) in [6.45, 7) is 0. The molecule has 0 unspecified atom stereocenters. The molecule has 1 heterocycles. The van der Waals surface area contributed by atoms with E-state index in [-0.39, 0.29) is 12.4 Å². The predicted octanol–water partition coefficient (Wildman–Crippen LogP) is -4.29. The molecule has 0 saturated heterocycles. The van der Waals surface area contributed by atoms with Crippen LogP contribution < -0.4 is 16.8 Å². The van der Waals surface area contributed by atoms with E-state index in [1.165, 1.54) is 30.5 Å². The summed E-state index contributed by atoms with van der Waals surface area (Å²) < 4.78 is 25.9. The van der Waals surface area contributed by atoms with Gasteiger partial charge in [0.2, 0.25) is 0 Å². The number of imidazole rings is 1. The molecule has 0 fully saturated rings. The molecule has 1 rings (SSSR count). The fourth-order valence-corrected chi connectivity index (χ4v) is 3.05. The van der Waals surface area contributed by atoms with Crippen LogP contribution in [0.4, 0.5) is 0 Å².